The number of nitrogens with one attached hydrogen (secondary N) is 1. The topological polar surface area (TPSA) is 84.9 Å². The molecule has 1 fully saturated rings. The van der Waals surface area contributed by atoms with Gasteiger partial charge in [-0.15, -0.1) is 0 Å². The highest BCUT2D eigenvalue weighted by molar-refractivity contribution is 7.89. The molecule has 1 aliphatic rings. The molecule has 0 aliphatic carbocycles. The first-order valence-corrected chi connectivity index (χ1v) is 11.4. The summed E-state index contributed by atoms with van der Waals surface area (Å²) in [5, 5.41) is 2.99. The van der Waals surface area contributed by atoms with Crippen molar-refractivity contribution in [3.05, 3.63) is 52.5 Å². The molecule has 1 aliphatic heterocycles. The van der Waals surface area contributed by atoms with Gasteiger partial charge in [0.1, 0.15) is 4.90 Å². The smallest absolute Gasteiger partial charge is 0.251 e. The van der Waals surface area contributed by atoms with Gasteiger partial charge in [0, 0.05) is 18.7 Å². The molecule has 0 aromatic heterocycles. The quantitative estimate of drug-likeness (QED) is 0.693. The van der Waals surface area contributed by atoms with Crippen LogP contribution in [0.2, 0.25) is 5.02 Å². The molecule has 1 heterocycles. The van der Waals surface area contributed by atoms with Crippen molar-refractivity contribution >= 4 is 27.5 Å². The van der Waals surface area contributed by atoms with Crippen molar-refractivity contribution in [3.8, 4) is 11.5 Å². The van der Waals surface area contributed by atoms with E-state index in [9.17, 15) is 13.2 Å². The molecule has 1 amide bonds. The largest absolute Gasteiger partial charge is 0.493 e. The van der Waals surface area contributed by atoms with Gasteiger partial charge in [0.05, 0.1) is 25.3 Å². The molecule has 0 unspecified atom stereocenters. The average Bonchev–Trinajstić information content (AvgIpc) is 3.29. The standard InChI is InChI=1S/C21H25ClN2O5S/c1-14(15-7-9-18(28-2)19(12-15)29-3)23-21(25)16-6-8-17(22)20(13-16)30(26,27)24-10-4-5-11-24/h6-9,12-14H,4-5,10-11H2,1-3H3,(H,23,25)/t14-/m1/s1. The monoisotopic (exact) mass is 452 g/mol. The Morgan fingerprint density at radius 3 is 2.37 bits per heavy atom. The number of amides is 1. The van der Waals surface area contributed by atoms with Crippen molar-refractivity contribution in [2.75, 3.05) is 27.3 Å². The summed E-state index contributed by atoms with van der Waals surface area (Å²) in [5.41, 5.74) is 1.05. The zero-order chi connectivity index (χ0) is 21.9. The van der Waals surface area contributed by atoms with E-state index in [0.717, 1.165) is 18.4 Å². The number of ether oxygens (including phenoxy) is 2. The zero-order valence-electron chi connectivity index (χ0n) is 17.1. The minimum absolute atomic E-state index is 0.0440. The van der Waals surface area contributed by atoms with Crippen LogP contribution in [0.5, 0.6) is 11.5 Å². The van der Waals surface area contributed by atoms with Crippen LogP contribution in [0.4, 0.5) is 0 Å². The Morgan fingerprint density at radius 2 is 1.73 bits per heavy atom. The second kappa shape index (κ2) is 9.24. The molecule has 0 saturated carbocycles. The number of sulfonamides is 1. The number of rotatable bonds is 7. The fraction of sp³-hybridized carbons (Fsp3) is 0.381. The van der Waals surface area contributed by atoms with Gasteiger partial charge < -0.3 is 14.8 Å². The summed E-state index contributed by atoms with van der Waals surface area (Å²) in [7, 11) is -0.637. The first-order chi connectivity index (χ1) is 14.3. The predicted molar refractivity (Wildman–Crippen MR) is 115 cm³/mol. The van der Waals surface area contributed by atoms with Gasteiger partial charge in [-0.25, -0.2) is 8.42 Å². The molecule has 7 nitrogen and oxygen atoms in total. The van der Waals surface area contributed by atoms with Gasteiger partial charge in [-0.2, -0.15) is 4.31 Å². The fourth-order valence-corrected chi connectivity index (χ4v) is 5.41. The second-order valence-corrected chi connectivity index (χ2v) is 9.38. The Bertz CT molecular complexity index is 1040. The van der Waals surface area contributed by atoms with E-state index in [2.05, 4.69) is 5.32 Å². The predicted octanol–water partition coefficient (Wildman–Crippen LogP) is 3.63. The van der Waals surface area contributed by atoms with Crippen LogP contribution in [-0.2, 0) is 10.0 Å². The first kappa shape index (κ1) is 22.4. The molecule has 3 rings (SSSR count). The summed E-state index contributed by atoms with van der Waals surface area (Å²) in [4.78, 5) is 12.8. The van der Waals surface area contributed by atoms with Gasteiger partial charge in [-0.05, 0) is 55.7 Å². The first-order valence-electron chi connectivity index (χ1n) is 9.60. The minimum atomic E-state index is -3.73. The van der Waals surface area contributed by atoms with E-state index in [-0.39, 0.29) is 21.5 Å². The average molecular weight is 453 g/mol. The number of benzene rings is 2. The summed E-state index contributed by atoms with van der Waals surface area (Å²) >= 11 is 6.16. The van der Waals surface area contributed by atoms with Crippen molar-refractivity contribution in [2.24, 2.45) is 0 Å². The van der Waals surface area contributed by atoms with Crippen molar-refractivity contribution < 1.29 is 22.7 Å². The Morgan fingerprint density at radius 1 is 1.07 bits per heavy atom. The maximum absolute atomic E-state index is 12.9. The molecule has 2 aromatic rings. The van der Waals surface area contributed by atoms with Crippen molar-refractivity contribution in [2.45, 2.75) is 30.7 Å². The Balaban J connectivity index is 1.82. The third-order valence-corrected chi connectivity index (χ3v) is 7.51. The minimum Gasteiger partial charge on any atom is -0.493 e. The molecule has 0 radical (unpaired) electrons. The summed E-state index contributed by atoms with van der Waals surface area (Å²) in [5.74, 6) is 0.752. The third-order valence-electron chi connectivity index (χ3n) is 5.13. The second-order valence-electron chi connectivity index (χ2n) is 7.07. The van der Waals surface area contributed by atoms with Crippen LogP contribution >= 0.6 is 11.6 Å². The molecular weight excluding hydrogens is 428 g/mol. The number of halogens is 1. The summed E-state index contributed by atoms with van der Waals surface area (Å²) in [6, 6.07) is 9.34. The van der Waals surface area contributed by atoms with E-state index in [4.69, 9.17) is 21.1 Å². The Labute approximate surface area is 182 Å². The van der Waals surface area contributed by atoms with Crippen molar-refractivity contribution in [3.63, 3.8) is 0 Å². The highest BCUT2D eigenvalue weighted by Gasteiger charge is 2.30. The van der Waals surface area contributed by atoms with Crippen LogP contribution in [0, 0.1) is 0 Å². The van der Waals surface area contributed by atoms with Gasteiger partial charge in [0.25, 0.3) is 5.91 Å². The van der Waals surface area contributed by atoms with Crippen LogP contribution in [0.15, 0.2) is 41.3 Å². The molecular formula is C21H25ClN2O5S. The summed E-state index contributed by atoms with van der Waals surface area (Å²) < 4.78 is 37.7. The highest BCUT2D eigenvalue weighted by atomic mass is 35.5. The normalized spacial score (nSPS) is 15.6. The van der Waals surface area contributed by atoms with E-state index < -0.39 is 15.9 Å². The van der Waals surface area contributed by atoms with Gasteiger partial charge in [-0.1, -0.05) is 17.7 Å². The number of carbonyl (C=O) groups is 1. The number of methoxy groups -OCH3 is 2. The Kier molecular flexibility index (Phi) is 6.90. The van der Waals surface area contributed by atoms with Gasteiger partial charge in [0.2, 0.25) is 10.0 Å². The molecule has 2 aromatic carbocycles. The summed E-state index contributed by atoms with van der Waals surface area (Å²) in [6.45, 7) is 2.76. The van der Waals surface area contributed by atoms with Crippen LogP contribution < -0.4 is 14.8 Å². The van der Waals surface area contributed by atoms with Gasteiger partial charge in [0.15, 0.2) is 11.5 Å². The van der Waals surface area contributed by atoms with Crippen LogP contribution in [0.3, 0.4) is 0 Å². The van der Waals surface area contributed by atoms with E-state index in [1.807, 2.05) is 13.0 Å². The van der Waals surface area contributed by atoms with Crippen molar-refractivity contribution in [1.29, 1.82) is 0 Å². The maximum atomic E-state index is 12.9. The number of nitrogens with zero attached hydrogens (tertiary/aromatic N) is 1. The fourth-order valence-electron chi connectivity index (χ4n) is 3.40. The van der Waals surface area contributed by atoms with E-state index >= 15 is 0 Å². The van der Waals surface area contributed by atoms with Crippen LogP contribution in [0.1, 0.15) is 41.7 Å². The van der Waals surface area contributed by atoms with E-state index in [1.54, 1.807) is 26.4 Å². The molecule has 1 N–H and O–H groups in total. The van der Waals surface area contributed by atoms with Gasteiger partial charge in [-0.3, -0.25) is 4.79 Å². The lowest BCUT2D eigenvalue weighted by Gasteiger charge is -2.18. The molecule has 0 spiro atoms. The lowest BCUT2D eigenvalue weighted by molar-refractivity contribution is 0.0939. The molecule has 162 valence electrons. The van der Waals surface area contributed by atoms with E-state index in [0.29, 0.717) is 24.6 Å². The number of hydrogen-bond acceptors (Lipinski definition) is 5. The summed E-state index contributed by atoms with van der Waals surface area (Å²) in [6.07, 6.45) is 1.64. The van der Waals surface area contributed by atoms with Gasteiger partial charge >= 0.3 is 0 Å². The maximum Gasteiger partial charge on any atom is 0.251 e. The van der Waals surface area contributed by atoms with Crippen LogP contribution in [0.25, 0.3) is 0 Å². The SMILES string of the molecule is COc1ccc([C@@H](C)NC(=O)c2ccc(Cl)c(S(=O)(=O)N3CCCC3)c2)cc1OC. The number of hydrogen-bond donors (Lipinski definition) is 1. The van der Waals surface area contributed by atoms with Crippen molar-refractivity contribution in [1.82, 2.24) is 9.62 Å². The third kappa shape index (κ3) is 4.55. The lowest BCUT2D eigenvalue weighted by atomic mass is 10.1. The lowest BCUT2D eigenvalue weighted by Crippen LogP contribution is -2.29. The molecule has 0 bridgehead atoms. The molecule has 1 saturated heterocycles. The van der Waals surface area contributed by atoms with E-state index in [1.165, 1.54) is 22.5 Å². The molecule has 9 heteroatoms. The number of carbonyl (C=O) groups excluding carboxylic acids is 1. The molecule has 1 atom stereocenters. The Hall–Kier alpha value is -2.29. The highest BCUT2D eigenvalue weighted by Crippen LogP contribution is 2.31. The van der Waals surface area contributed by atoms with Crippen LogP contribution in [-0.4, -0.2) is 45.9 Å². The molecule has 30 heavy (non-hydrogen) atoms. The zero-order valence-corrected chi connectivity index (χ0v) is 18.7.